The number of anilines is 1. The van der Waals surface area contributed by atoms with Gasteiger partial charge in [0, 0.05) is 11.3 Å². The normalized spacial score (nSPS) is 21.6. The highest BCUT2D eigenvalue weighted by molar-refractivity contribution is 6.13. The van der Waals surface area contributed by atoms with Gasteiger partial charge in [-0.3, -0.25) is 9.59 Å². The lowest BCUT2D eigenvalue weighted by Crippen LogP contribution is -2.45. The van der Waals surface area contributed by atoms with E-state index in [1.807, 2.05) is 48.5 Å². The first-order valence-electron chi connectivity index (χ1n) is 7.06. The number of nitrogens with two attached hydrogens (primary N) is 1. The standard InChI is InChI=1S/C17H14N2O3/c18-15(20)9-19-13-7-3-1-5-11(13)17(16(19)21)10-22-14-8-4-2-6-12(14)17/h1-8H,9-10H2,(H2,18,20). The van der Waals surface area contributed by atoms with Crippen LogP contribution in [0.3, 0.4) is 0 Å². The molecule has 1 spiro atoms. The molecule has 0 bridgehead atoms. The fraction of sp³-hybridized carbons (Fsp3) is 0.176. The first kappa shape index (κ1) is 12.9. The summed E-state index contributed by atoms with van der Waals surface area (Å²) in [5.74, 6) is 0.0245. The maximum absolute atomic E-state index is 13.1. The van der Waals surface area contributed by atoms with E-state index in [2.05, 4.69) is 0 Å². The Balaban J connectivity index is 1.96. The van der Waals surface area contributed by atoms with Gasteiger partial charge in [0.05, 0.1) is 0 Å². The van der Waals surface area contributed by atoms with Crippen LogP contribution >= 0.6 is 0 Å². The molecule has 1 atom stereocenters. The van der Waals surface area contributed by atoms with Crippen molar-refractivity contribution in [1.82, 2.24) is 0 Å². The van der Waals surface area contributed by atoms with E-state index in [1.54, 1.807) is 0 Å². The second kappa shape index (κ2) is 4.34. The molecule has 0 fully saturated rings. The monoisotopic (exact) mass is 294 g/mol. The minimum Gasteiger partial charge on any atom is -0.491 e. The van der Waals surface area contributed by atoms with Gasteiger partial charge in [-0.05, 0) is 17.7 Å². The summed E-state index contributed by atoms with van der Waals surface area (Å²) in [6.45, 7) is 0.122. The first-order valence-corrected chi connectivity index (χ1v) is 7.06. The maximum Gasteiger partial charge on any atom is 0.246 e. The zero-order valence-electron chi connectivity index (χ0n) is 11.8. The molecular formula is C17H14N2O3. The van der Waals surface area contributed by atoms with Gasteiger partial charge >= 0.3 is 0 Å². The second-order valence-electron chi connectivity index (χ2n) is 5.56. The van der Waals surface area contributed by atoms with Gasteiger partial charge in [-0.15, -0.1) is 0 Å². The lowest BCUT2D eigenvalue weighted by Gasteiger charge is -2.22. The fourth-order valence-electron chi connectivity index (χ4n) is 3.45. The van der Waals surface area contributed by atoms with Gasteiger partial charge < -0.3 is 15.4 Å². The van der Waals surface area contributed by atoms with Crippen LogP contribution in [0.4, 0.5) is 5.69 Å². The molecule has 2 N–H and O–H groups in total. The topological polar surface area (TPSA) is 72.6 Å². The molecule has 4 rings (SSSR count). The summed E-state index contributed by atoms with van der Waals surface area (Å²) < 4.78 is 5.75. The van der Waals surface area contributed by atoms with Crippen LogP contribution in [0.2, 0.25) is 0 Å². The van der Waals surface area contributed by atoms with Crippen molar-refractivity contribution in [2.75, 3.05) is 18.1 Å². The maximum atomic E-state index is 13.1. The highest BCUT2D eigenvalue weighted by Crippen LogP contribution is 2.51. The molecule has 1 unspecified atom stereocenters. The van der Waals surface area contributed by atoms with E-state index in [0.717, 1.165) is 16.8 Å². The van der Waals surface area contributed by atoms with Crippen molar-refractivity contribution in [3.63, 3.8) is 0 Å². The molecule has 0 aliphatic carbocycles. The molecule has 22 heavy (non-hydrogen) atoms. The van der Waals surface area contributed by atoms with E-state index >= 15 is 0 Å². The lowest BCUT2D eigenvalue weighted by atomic mass is 9.77. The van der Waals surface area contributed by atoms with Crippen LogP contribution in [-0.4, -0.2) is 25.0 Å². The molecule has 2 aliphatic rings. The number of benzene rings is 2. The van der Waals surface area contributed by atoms with Crippen LogP contribution in [0.25, 0.3) is 0 Å². The number of carbonyl (C=O) groups excluding carboxylic acids is 2. The van der Waals surface area contributed by atoms with Crippen molar-refractivity contribution in [3.05, 3.63) is 59.7 Å². The Hall–Kier alpha value is -2.82. The van der Waals surface area contributed by atoms with Gasteiger partial charge in [0.15, 0.2) is 0 Å². The van der Waals surface area contributed by atoms with Crippen molar-refractivity contribution in [2.45, 2.75) is 5.41 Å². The Labute approximate surface area is 127 Å². The van der Waals surface area contributed by atoms with Crippen molar-refractivity contribution < 1.29 is 14.3 Å². The summed E-state index contributed by atoms with van der Waals surface area (Å²) in [7, 11) is 0. The van der Waals surface area contributed by atoms with Gasteiger partial charge in [-0.1, -0.05) is 36.4 Å². The SMILES string of the molecule is NC(=O)CN1C(=O)C2(COc3ccccc32)c2ccccc21. The molecule has 5 heteroatoms. The Bertz CT molecular complexity index is 802. The van der Waals surface area contributed by atoms with Gasteiger partial charge in [-0.2, -0.15) is 0 Å². The van der Waals surface area contributed by atoms with Crippen LogP contribution < -0.4 is 15.4 Å². The number of amides is 2. The van der Waals surface area contributed by atoms with Crippen molar-refractivity contribution in [1.29, 1.82) is 0 Å². The van der Waals surface area contributed by atoms with Crippen LogP contribution in [0, 0.1) is 0 Å². The molecule has 0 radical (unpaired) electrons. The quantitative estimate of drug-likeness (QED) is 0.904. The van der Waals surface area contributed by atoms with Gasteiger partial charge in [0.2, 0.25) is 11.8 Å². The number of para-hydroxylation sites is 2. The average molecular weight is 294 g/mol. The van der Waals surface area contributed by atoms with Crippen LogP contribution in [0.1, 0.15) is 11.1 Å². The summed E-state index contributed by atoms with van der Waals surface area (Å²) in [5, 5.41) is 0. The van der Waals surface area contributed by atoms with Gasteiger partial charge in [0.25, 0.3) is 0 Å². The molecule has 0 saturated heterocycles. The molecular weight excluding hydrogens is 280 g/mol. The lowest BCUT2D eigenvalue weighted by molar-refractivity contribution is -0.124. The third-order valence-corrected chi connectivity index (χ3v) is 4.37. The molecule has 0 saturated carbocycles. The van der Waals surface area contributed by atoms with E-state index in [4.69, 9.17) is 10.5 Å². The first-order chi connectivity index (χ1) is 10.6. The number of fused-ring (bicyclic) bond motifs is 4. The molecule has 2 aromatic rings. The third kappa shape index (κ3) is 1.48. The molecule has 2 aliphatic heterocycles. The summed E-state index contributed by atoms with van der Waals surface area (Å²) in [5.41, 5.74) is 6.88. The fourth-order valence-corrected chi connectivity index (χ4v) is 3.45. The number of rotatable bonds is 2. The predicted molar refractivity (Wildman–Crippen MR) is 80.7 cm³/mol. The van der Waals surface area contributed by atoms with Crippen LogP contribution in [-0.2, 0) is 15.0 Å². The minimum absolute atomic E-state index is 0.125. The minimum atomic E-state index is -0.872. The van der Waals surface area contributed by atoms with E-state index in [1.165, 1.54) is 4.90 Å². The Morgan fingerprint density at radius 3 is 2.59 bits per heavy atom. The summed E-state index contributed by atoms with van der Waals surface area (Å²) in [4.78, 5) is 25.9. The Morgan fingerprint density at radius 1 is 1.14 bits per heavy atom. The summed E-state index contributed by atoms with van der Waals surface area (Å²) in [6.07, 6.45) is 0. The van der Waals surface area contributed by atoms with Gasteiger partial charge in [-0.25, -0.2) is 0 Å². The Kier molecular flexibility index (Phi) is 2.54. The van der Waals surface area contributed by atoms with E-state index in [0.29, 0.717) is 5.75 Å². The predicted octanol–water partition coefficient (Wildman–Crippen LogP) is 1.20. The zero-order valence-corrected chi connectivity index (χ0v) is 11.8. The molecule has 2 aromatic carbocycles. The number of nitrogens with zero attached hydrogens (tertiary/aromatic N) is 1. The van der Waals surface area contributed by atoms with E-state index in [9.17, 15) is 9.59 Å². The van der Waals surface area contributed by atoms with E-state index < -0.39 is 11.3 Å². The number of carbonyl (C=O) groups is 2. The van der Waals surface area contributed by atoms with Crippen LogP contribution in [0.5, 0.6) is 5.75 Å². The third-order valence-electron chi connectivity index (χ3n) is 4.37. The number of hydrogen-bond donors (Lipinski definition) is 1. The molecule has 5 nitrogen and oxygen atoms in total. The molecule has 110 valence electrons. The molecule has 0 aromatic heterocycles. The largest absolute Gasteiger partial charge is 0.491 e. The summed E-state index contributed by atoms with van der Waals surface area (Å²) >= 11 is 0. The smallest absolute Gasteiger partial charge is 0.246 e. The zero-order chi connectivity index (χ0) is 15.3. The van der Waals surface area contributed by atoms with Crippen molar-refractivity contribution >= 4 is 17.5 Å². The van der Waals surface area contributed by atoms with Gasteiger partial charge in [0.1, 0.15) is 24.3 Å². The van der Waals surface area contributed by atoms with E-state index in [-0.39, 0.29) is 19.1 Å². The molecule has 2 heterocycles. The number of primary amides is 1. The average Bonchev–Trinajstić information content (AvgIpc) is 3.02. The number of hydrogen-bond acceptors (Lipinski definition) is 3. The van der Waals surface area contributed by atoms with Crippen LogP contribution in [0.15, 0.2) is 48.5 Å². The second-order valence-corrected chi connectivity index (χ2v) is 5.56. The highest BCUT2D eigenvalue weighted by Gasteiger charge is 2.56. The van der Waals surface area contributed by atoms with Crippen molar-refractivity contribution in [3.8, 4) is 5.75 Å². The Morgan fingerprint density at radius 2 is 1.82 bits per heavy atom. The number of ether oxygens (including phenoxy) is 1. The highest BCUT2D eigenvalue weighted by atomic mass is 16.5. The summed E-state index contributed by atoms with van der Waals surface area (Å²) in [6, 6.07) is 15.0. The molecule has 2 amide bonds. The van der Waals surface area contributed by atoms with Crippen molar-refractivity contribution in [2.24, 2.45) is 5.73 Å².